The van der Waals surface area contributed by atoms with Crippen LogP contribution >= 0.6 is 0 Å². The predicted molar refractivity (Wildman–Crippen MR) is 131 cm³/mol. The second-order valence-corrected chi connectivity index (χ2v) is 9.77. The largest absolute Gasteiger partial charge is 0.384 e. The third-order valence-corrected chi connectivity index (χ3v) is 7.35. The molecule has 0 bridgehead atoms. The van der Waals surface area contributed by atoms with Gasteiger partial charge in [-0.3, -0.25) is 4.79 Å². The second-order valence-electron chi connectivity index (χ2n) is 9.77. The van der Waals surface area contributed by atoms with Crippen LogP contribution in [0.1, 0.15) is 31.5 Å². The highest BCUT2D eigenvalue weighted by Crippen LogP contribution is 2.39. The number of piperidine rings is 1. The Kier molecular flexibility index (Phi) is 6.26. The van der Waals surface area contributed by atoms with Crippen LogP contribution in [0.4, 0.5) is 14.7 Å². The van der Waals surface area contributed by atoms with Gasteiger partial charge in [0.05, 0.1) is 30.3 Å². The SMILES string of the molecule is C[C@@H](O)C(=O)N1CCC(n2cnc3c(C4(C(F)F)N=c5ccccc5=N4)nc(N4CCOCC4)nc32)CC1. The molecular weight excluding hydrogens is 498 g/mol. The number of para-hydroxylation sites is 2. The van der Waals surface area contributed by atoms with Crippen LogP contribution in [0.3, 0.4) is 0 Å². The summed E-state index contributed by atoms with van der Waals surface area (Å²) >= 11 is 0. The molecule has 200 valence electrons. The zero-order chi connectivity index (χ0) is 26.4. The van der Waals surface area contributed by atoms with E-state index in [4.69, 9.17) is 9.72 Å². The Morgan fingerprint density at radius 2 is 1.74 bits per heavy atom. The highest BCUT2D eigenvalue weighted by molar-refractivity contribution is 5.80. The molecule has 6 rings (SSSR count). The second kappa shape index (κ2) is 9.62. The van der Waals surface area contributed by atoms with Gasteiger partial charge in [0.15, 0.2) is 5.65 Å². The van der Waals surface area contributed by atoms with Gasteiger partial charge in [0, 0.05) is 32.2 Å². The first-order chi connectivity index (χ1) is 18.4. The summed E-state index contributed by atoms with van der Waals surface area (Å²) in [5.41, 5.74) is -1.61. The maximum atomic E-state index is 14.9. The molecule has 2 fully saturated rings. The summed E-state index contributed by atoms with van der Waals surface area (Å²) < 4.78 is 37.2. The number of alkyl halides is 2. The van der Waals surface area contributed by atoms with Gasteiger partial charge < -0.3 is 24.2 Å². The minimum atomic E-state index is -2.97. The fourth-order valence-corrected chi connectivity index (χ4v) is 5.31. The maximum Gasteiger partial charge on any atom is 0.289 e. The first-order valence-electron chi connectivity index (χ1n) is 12.7. The molecule has 0 saturated carbocycles. The van der Waals surface area contributed by atoms with E-state index in [2.05, 4.69) is 20.0 Å². The lowest BCUT2D eigenvalue weighted by Gasteiger charge is -2.33. The number of hydrogen-bond acceptors (Lipinski definition) is 9. The van der Waals surface area contributed by atoms with Crippen LogP contribution in [0.25, 0.3) is 11.2 Å². The molecule has 13 heteroatoms. The molecule has 3 aromatic rings. The fourth-order valence-electron chi connectivity index (χ4n) is 5.31. The lowest BCUT2D eigenvalue weighted by Crippen LogP contribution is -2.43. The van der Waals surface area contributed by atoms with Gasteiger partial charge >= 0.3 is 0 Å². The third kappa shape index (κ3) is 4.09. The normalized spacial score (nSPS) is 20.3. The minimum Gasteiger partial charge on any atom is -0.384 e. The highest BCUT2D eigenvalue weighted by Gasteiger charge is 2.48. The Balaban J connectivity index is 1.46. The number of aliphatic hydroxyl groups is 1. The number of carbonyl (C=O) groups excluding carboxylic acids is 1. The van der Waals surface area contributed by atoms with Crippen molar-refractivity contribution in [3.05, 3.63) is 47.0 Å². The van der Waals surface area contributed by atoms with Crippen molar-refractivity contribution in [2.45, 2.75) is 44.0 Å². The van der Waals surface area contributed by atoms with Gasteiger partial charge in [-0.1, -0.05) is 12.1 Å². The van der Waals surface area contributed by atoms with Crippen molar-refractivity contribution in [2.24, 2.45) is 9.98 Å². The van der Waals surface area contributed by atoms with Crippen LogP contribution in [0.5, 0.6) is 0 Å². The van der Waals surface area contributed by atoms with E-state index in [1.54, 1.807) is 35.5 Å². The number of aromatic nitrogens is 4. The Bertz CT molecular complexity index is 1440. The lowest BCUT2D eigenvalue weighted by molar-refractivity contribution is -0.140. The van der Waals surface area contributed by atoms with Crippen LogP contribution in [-0.2, 0) is 15.2 Å². The Hall–Kier alpha value is -3.58. The maximum absolute atomic E-state index is 14.9. The number of likely N-dealkylation sites (tertiary alicyclic amines) is 1. The van der Waals surface area contributed by atoms with E-state index < -0.39 is 18.2 Å². The number of benzene rings is 1. The molecule has 0 radical (unpaired) electrons. The van der Waals surface area contributed by atoms with Crippen molar-refractivity contribution in [1.29, 1.82) is 0 Å². The summed E-state index contributed by atoms with van der Waals surface area (Å²) in [6.45, 7) is 4.38. The van der Waals surface area contributed by atoms with E-state index in [1.165, 1.54) is 6.92 Å². The van der Waals surface area contributed by atoms with Crippen LogP contribution in [0.15, 0.2) is 40.6 Å². The summed E-state index contributed by atoms with van der Waals surface area (Å²) in [4.78, 5) is 38.5. The topological polar surface area (TPSA) is 121 Å². The number of aliphatic hydroxyl groups excluding tert-OH is 1. The van der Waals surface area contributed by atoms with Crippen molar-refractivity contribution in [2.75, 3.05) is 44.3 Å². The van der Waals surface area contributed by atoms with E-state index in [9.17, 15) is 18.7 Å². The number of halogens is 2. The smallest absolute Gasteiger partial charge is 0.289 e. The summed E-state index contributed by atoms with van der Waals surface area (Å²) in [5, 5.41) is 10.4. The van der Waals surface area contributed by atoms with Crippen molar-refractivity contribution in [3.63, 3.8) is 0 Å². The number of anilines is 1. The average Bonchev–Trinajstić information content (AvgIpc) is 3.55. The standard InChI is InChI=1S/C25H28F2N8O3/c1-15(36)22(37)33-8-6-16(7-9-33)35-14-28-19-20(29-24(30-21(19)35)34-10-12-38-13-11-34)25(23(26)27)31-17-4-2-3-5-18(17)32-25/h2-5,14-16,23,36H,6-13H2,1H3/t15-/m1/s1. The lowest BCUT2D eigenvalue weighted by atomic mass is 10.0. The monoisotopic (exact) mass is 526 g/mol. The van der Waals surface area contributed by atoms with Crippen LogP contribution in [-0.4, -0.2) is 87.4 Å². The molecule has 2 saturated heterocycles. The number of fused-ring (bicyclic) bond motifs is 2. The molecule has 1 atom stereocenters. The van der Waals surface area contributed by atoms with Gasteiger partial charge in [-0.15, -0.1) is 0 Å². The summed E-state index contributed by atoms with van der Waals surface area (Å²) in [7, 11) is 0. The van der Waals surface area contributed by atoms with E-state index in [-0.39, 0.29) is 23.2 Å². The number of hydrogen-bond donors (Lipinski definition) is 1. The number of nitrogens with zero attached hydrogens (tertiary/aromatic N) is 8. The molecule has 1 N–H and O–H groups in total. The van der Waals surface area contributed by atoms with Crippen molar-refractivity contribution in [1.82, 2.24) is 24.4 Å². The Labute approximate surface area is 216 Å². The summed E-state index contributed by atoms with van der Waals surface area (Å²) in [6.07, 6.45) is -1.21. The van der Waals surface area contributed by atoms with Gasteiger partial charge in [-0.2, -0.15) is 4.98 Å². The zero-order valence-corrected chi connectivity index (χ0v) is 20.9. The van der Waals surface area contributed by atoms with E-state index in [0.29, 0.717) is 74.5 Å². The molecule has 1 amide bonds. The molecule has 11 nitrogen and oxygen atoms in total. The molecule has 0 spiro atoms. The summed E-state index contributed by atoms with van der Waals surface area (Å²) in [5.74, 6) is 0.00158. The van der Waals surface area contributed by atoms with E-state index in [1.807, 2.05) is 9.47 Å². The molecular formula is C25H28F2N8O3. The third-order valence-electron chi connectivity index (χ3n) is 7.35. The Morgan fingerprint density at radius 1 is 1.08 bits per heavy atom. The van der Waals surface area contributed by atoms with Crippen molar-refractivity contribution in [3.8, 4) is 0 Å². The van der Waals surface area contributed by atoms with Crippen molar-refractivity contribution < 1.29 is 23.4 Å². The van der Waals surface area contributed by atoms with Crippen LogP contribution < -0.4 is 15.6 Å². The molecule has 0 unspecified atom stereocenters. The number of imidazole rings is 1. The molecule has 0 aliphatic carbocycles. The Morgan fingerprint density at radius 3 is 2.34 bits per heavy atom. The van der Waals surface area contributed by atoms with Gasteiger partial charge in [0.25, 0.3) is 18.0 Å². The van der Waals surface area contributed by atoms with E-state index >= 15 is 0 Å². The number of rotatable bonds is 5. The zero-order valence-electron chi connectivity index (χ0n) is 20.9. The predicted octanol–water partition coefficient (Wildman–Crippen LogP) is 0.578. The van der Waals surface area contributed by atoms with Gasteiger partial charge in [-0.05, 0) is 31.9 Å². The number of ether oxygens (including phenoxy) is 1. The number of carbonyl (C=O) groups is 1. The number of morpholine rings is 1. The van der Waals surface area contributed by atoms with Gasteiger partial charge in [-0.25, -0.2) is 28.7 Å². The van der Waals surface area contributed by atoms with Crippen LogP contribution in [0, 0.1) is 0 Å². The van der Waals surface area contributed by atoms with Gasteiger partial charge in [0.1, 0.15) is 17.3 Å². The highest BCUT2D eigenvalue weighted by atomic mass is 19.3. The first-order valence-corrected chi connectivity index (χ1v) is 12.7. The molecule has 3 aliphatic rings. The minimum absolute atomic E-state index is 0.0318. The first kappa shape index (κ1) is 24.7. The fraction of sp³-hybridized carbons (Fsp3) is 0.520. The van der Waals surface area contributed by atoms with E-state index in [0.717, 1.165) is 0 Å². The summed E-state index contributed by atoms with van der Waals surface area (Å²) in [6, 6.07) is 6.72. The molecule has 3 aliphatic heterocycles. The van der Waals surface area contributed by atoms with Crippen molar-refractivity contribution >= 4 is 23.0 Å². The number of amides is 1. The van der Waals surface area contributed by atoms with Crippen LogP contribution in [0.2, 0.25) is 0 Å². The average molecular weight is 527 g/mol. The van der Waals surface area contributed by atoms with Gasteiger partial charge in [0.2, 0.25) is 5.95 Å². The molecule has 5 heterocycles. The molecule has 38 heavy (non-hydrogen) atoms. The quantitative estimate of drug-likeness (QED) is 0.516. The molecule has 2 aromatic heterocycles. The molecule has 1 aromatic carbocycles.